The van der Waals surface area contributed by atoms with E-state index >= 15 is 0 Å². The number of unbranched alkanes of at least 4 members (excludes halogenated alkanes) is 34. The molecule has 2 unspecified atom stereocenters. The minimum atomic E-state index is -1.63. The lowest BCUT2D eigenvalue weighted by atomic mass is 10.0. The molecule has 0 rings (SSSR count). The number of aliphatic carboxylic acids is 1. The number of quaternary nitrogens is 1. The quantitative estimate of drug-likeness (QED) is 0.0195. The van der Waals surface area contributed by atoms with Gasteiger partial charge in [-0.3, -0.25) is 9.59 Å². The van der Waals surface area contributed by atoms with E-state index in [0.29, 0.717) is 23.9 Å². The lowest BCUT2D eigenvalue weighted by Gasteiger charge is -2.26. The Labute approximate surface area is 561 Å². The van der Waals surface area contributed by atoms with Gasteiger partial charge in [-0.05, 0) is 109 Å². The molecule has 0 heterocycles. The predicted octanol–water partition coefficient (Wildman–Crippen LogP) is 22.6. The molecule has 0 fully saturated rings. The number of allylic oxidation sites excluding steroid dienone is 20. The van der Waals surface area contributed by atoms with E-state index in [-0.39, 0.29) is 32.2 Å². The number of carboxylic acid groups (broad SMARTS) is 1. The van der Waals surface area contributed by atoms with E-state index in [2.05, 4.69) is 135 Å². The summed E-state index contributed by atoms with van der Waals surface area (Å²) in [5, 5.41) is 11.8. The van der Waals surface area contributed by atoms with Gasteiger partial charge in [-0.1, -0.05) is 322 Å². The molecule has 0 aromatic carbocycles. The Morgan fingerprint density at radius 2 is 0.626 bits per heavy atom. The first-order valence-corrected chi connectivity index (χ1v) is 37.7. The molecular formula is C82H141NO8. The van der Waals surface area contributed by atoms with Gasteiger partial charge in [-0.25, -0.2) is 0 Å². The number of carbonyl (C=O) groups is 3. The summed E-state index contributed by atoms with van der Waals surface area (Å²) < 4.78 is 22.8. The fourth-order valence-corrected chi connectivity index (χ4v) is 10.5. The molecule has 0 saturated carbocycles. The van der Waals surface area contributed by atoms with Crippen molar-refractivity contribution >= 4 is 17.9 Å². The molecule has 0 N–H and O–H groups in total. The first kappa shape index (κ1) is 86.7. The van der Waals surface area contributed by atoms with Crippen LogP contribution in [-0.4, -0.2) is 82.3 Å². The van der Waals surface area contributed by atoms with Crippen LogP contribution in [0.1, 0.15) is 322 Å². The molecule has 0 amide bonds. The normalized spacial score (nSPS) is 13.4. The summed E-state index contributed by atoms with van der Waals surface area (Å²) in [6.07, 6.45) is 98.6. The molecule has 9 nitrogen and oxygen atoms in total. The molecule has 0 aliphatic heterocycles. The van der Waals surface area contributed by atoms with Crippen LogP contribution in [0, 0.1) is 0 Å². The van der Waals surface area contributed by atoms with Crippen molar-refractivity contribution in [3.8, 4) is 0 Å². The van der Waals surface area contributed by atoms with E-state index < -0.39 is 24.3 Å². The lowest BCUT2D eigenvalue weighted by molar-refractivity contribution is -0.870. The van der Waals surface area contributed by atoms with Gasteiger partial charge in [0.15, 0.2) is 12.4 Å². The Morgan fingerprint density at radius 1 is 0.341 bits per heavy atom. The maximum atomic E-state index is 13.0. The monoisotopic (exact) mass is 1270 g/mol. The van der Waals surface area contributed by atoms with Crippen LogP contribution in [0.4, 0.5) is 0 Å². The van der Waals surface area contributed by atoms with E-state index in [9.17, 15) is 19.5 Å². The van der Waals surface area contributed by atoms with Gasteiger partial charge >= 0.3 is 11.9 Å². The number of likely N-dealkylation sites (N-methyl/N-ethyl adjacent to an activating group) is 1. The predicted molar refractivity (Wildman–Crippen MR) is 389 cm³/mol. The second-order valence-electron chi connectivity index (χ2n) is 26.2. The number of carboxylic acids is 1. The van der Waals surface area contributed by atoms with Gasteiger partial charge in [0.2, 0.25) is 0 Å². The van der Waals surface area contributed by atoms with E-state index in [4.69, 9.17) is 18.9 Å². The summed E-state index contributed by atoms with van der Waals surface area (Å²) in [5.74, 6) is -2.28. The fraction of sp³-hybridized carbons (Fsp3) is 0.720. The molecule has 0 spiro atoms. The second kappa shape index (κ2) is 71.5. The van der Waals surface area contributed by atoms with Gasteiger partial charge in [-0.15, -0.1) is 0 Å². The molecule has 522 valence electrons. The Morgan fingerprint density at radius 3 is 0.945 bits per heavy atom. The van der Waals surface area contributed by atoms with Gasteiger partial charge in [0.25, 0.3) is 0 Å². The van der Waals surface area contributed by atoms with Crippen LogP contribution in [-0.2, 0) is 33.3 Å². The number of carbonyl (C=O) groups excluding carboxylic acids is 3. The summed E-state index contributed by atoms with van der Waals surface area (Å²) >= 11 is 0. The van der Waals surface area contributed by atoms with Crippen molar-refractivity contribution in [2.75, 3.05) is 47.5 Å². The highest BCUT2D eigenvalue weighted by Gasteiger charge is 2.22. The molecular weight excluding hydrogens is 1130 g/mol. The maximum Gasteiger partial charge on any atom is 0.306 e. The average Bonchev–Trinajstić information content (AvgIpc) is 3.53. The Hall–Kier alpha value is -4.31. The largest absolute Gasteiger partial charge is 0.545 e. The SMILES string of the molecule is CC/C=C\C/C=C\C/C=C\C/C=C\C/C=C\C/C=C\C/C=C\C/C=C\C/C=C\CCCCCCCCCCCCCCCC(=O)OC(COC(=O)CCCCCCCCCCCCCCC/C=C\CCCCCCCCCC)COC(OCC[N+](C)(C)C)C(=O)[O-]. The minimum absolute atomic E-state index is 0.144. The Bertz CT molecular complexity index is 1910. The number of rotatable bonds is 69. The molecule has 0 aromatic rings. The van der Waals surface area contributed by atoms with Crippen LogP contribution in [0.25, 0.3) is 0 Å². The van der Waals surface area contributed by atoms with Crippen LogP contribution < -0.4 is 5.11 Å². The van der Waals surface area contributed by atoms with Crippen LogP contribution in [0.3, 0.4) is 0 Å². The lowest BCUT2D eigenvalue weighted by Crippen LogP contribution is -2.44. The first-order valence-electron chi connectivity index (χ1n) is 37.7. The zero-order valence-corrected chi connectivity index (χ0v) is 59.7. The molecule has 0 aromatic heterocycles. The van der Waals surface area contributed by atoms with Crippen molar-refractivity contribution in [1.29, 1.82) is 0 Å². The third-order valence-corrected chi connectivity index (χ3v) is 16.2. The summed E-state index contributed by atoms with van der Waals surface area (Å²) in [6, 6.07) is 0. The van der Waals surface area contributed by atoms with Crippen molar-refractivity contribution < 1.29 is 42.9 Å². The summed E-state index contributed by atoms with van der Waals surface area (Å²) in [7, 11) is 5.93. The van der Waals surface area contributed by atoms with Gasteiger partial charge in [0.1, 0.15) is 13.2 Å². The highest BCUT2D eigenvalue weighted by atomic mass is 16.7. The number of esters is 2. The first-order chi connectivity index (χ1) is 44.6. The number of ether oxygens (including phenoxy) is 4. The van der Waals surface area contributed by atoms with E-state index in [1.165, 1.54) is 193 Å². The molecule has 9 heteroatoms. The highest BCUT2D eigenvalue weighted by Crippen LogP contribution is 2.17. The average molecular weight is 1270 g/mol. The Balaban J connectivity index is 4.08. The van der Waals surface area contributed by atoms with Crippen LogP contribution >= 0.6 is 0 Å². The van der Waals surface area contributed by atoms with Gasteiger partial charge in [0.05, 0.1) is 40.3 Å². The number of nitrogens with zero attached hydrogens (tertiary/aromatic N) is 1. The summed E-state index contributed by atoms with van der Waals surface area (Å²) in [4.78, 5) is 37.5. The molecule has 0 saturated heterocycles. The van der Waals surface area contributed by atoms with Gasteiger partial charge in [0, 0.05) is 12.8 Å². The third kappa shape index (κ3) is 73.0. The molecule has 0 bridgehead atoms. The van der Waals surface area contributed by atoms with Crippen molar-refractivity contribution in [3.63, 3.8) is 0 Å². The van der Waals surface area contributed by atoms with Crippen LogP contribution in [0.15, 0.2) is 122 Å². The molecule has 2 atom stereocenters. The molecule has 0 aliphatic carbocycles. The minimum Gasteiger partial charge on any atom is -0.545 e. The van der Waals surface area contributed by atoms with Gasteiger partial charge in [-0.2, -0.15) is 0 Å². The zero-order valence-electron chi connectivity index (χ0n) is 59.7. The standard InChI is InChI=1S/C82H141NO8/c1-6-8-10-12-14-16-18-20-22-24-26-28-30-32-33-34-35-36-37-38-39-40-41-42-43-44-45-46-47-49-51-53-55-57-59-61-63-65-67-69-71-73-80(85)91-78(77-90-82(81(86)87)88-75-74-83(3,4)5)76-89-79(84)72-70-68-66-64-62-60-58-56-54-52-50-48-31-29-27-25-23-21-19-17-15-13-11-9-7-2/h8,10,14,16,20,22,25-28,32-33,35-36,38-39,41-42,44-45,78,82H,6-7,9,11-13,15,17-19,21,23-24,29-31,34,37,40,43,46-77H2,1-5H3/b10-8-,16-14-,22-20-,27-25-,28-26-,33-32-,36-35-,39-38-,42-41-,45-44-. The van der Waals surface area contributed by atoms with Crippen molar-refractivity contribution in [2.24, 2.45) is 0 Å². The molecule has 91 heavy (non-hydrogen) atoms. The molecule has 0 aliphatic rings. The maximum absolute atomic E-state index is 13.0. The smallest absolute Gasteiger partial charge is 0.306 e. The molecule has 0 radical (unpaired) electrons. The Kier molecular flexibility index (Phi) is 68.1. The van der Waals surface area contributed by atoms with Crippen LogP contribution in [0.2, 0.25) is 0 Å². The highest BCUT2D eigenvalue weighted by molar-refractivity contribution is 5.70. The number of hydrogen-bond donors (Lipinski definition) is 0. The summed E-state index contributed by atoms with van der Waals surface area (Å²) in [6.45, 7) is 4.66. The van der Waals surface area contributed by atoms with E-state index in [0.717, 1.165) is 96.3 Å². The van der Waals surface area contributed by atoms with Crippen molar-refractivity contribution in [3.05, 3.63) is 122 Å². The fourth-order valence-electron chi connectivity index (χ4n) is 10.5. The van der Waals surface area contributed by atoms with E-state index in [1.54, 1.807) is 0 Å². The number of hydrogen-bond acceptors (Lipinski definition) is 8. The summed E-state index contributed by atoms with van der Waals surface area (Å²) in [5.41, 5.74) is 0. The van der Waals surface area contributed by atoms with E-state index in [1.807, 2.05) is 21.1 Å². The second-order valence-corrected chi connectivity index (χ2v) is 26.2. The topological polar surface area (TPSA) is 111 Å². The van der Waals surface area contributed by atoms with Crippen molar-refractivity contribution in [1.82, 2.24) is 0 Å². The van der Waals surface area contributed by atoms with Gasteiger partial charge < -0.3 is 33.3 Å². The zero-order chi connectivity index (χ0) is 66.1. The van der Waals surface area contributed by atoms with Crippen molar-refractivity contribution in [2.45, 2.75) is 334 Å². The third-order valence-electron chi connectivity index (χ3n) is 16.2. The van der Waals surface area contributed by atoms with Crippen LogP contribution in [0.5, 0.6) is 0 Å².